The van der Waals surface area contributed by atoms with E-state index < -0.39 is 0 Å². The second kappa shape index (κ2) is 4.67. The highest BCUT2D eigenvalue weighted by Gasteiger charge is 2.10. The minimum absolute atomic E-state index is 0.195. The molecule has 0 spiro atoms. The van der Waals surface area contributed by atoms with Gasteiger partial charge in [0, 0.05) is 19.2 Å². The molecule has 0 aliphatic heterocycles. The van der Waals surface area contributed by atoms with E-state index in [2.05, 4.69) is 5.32 Å². The molecule has 4 heteroatoms. The van der Waals surface area contributed by atoms with Gasteiger partial charge in [-0.25, -0.2) is 0 Å². The third-order valence-electron chi connectivity index (χ3n) is 1.66. The first-order valence-corrected chi connectivity index (χ1v) is 4.07. The van der Waals surface area contributed by atoms with Gasteiger partial charge in [0.2, 0.25) is 0 Å². The van der Waals surface area contributed by atoms with E-state index in [1.165, 1.54) is 6.26 Å². The van der Waals surface area contributed by atoms with Crippen LogP contribution in [0.25, 0.3) is 0 Å². The zero-order chi connectivity index (χ0) is 9.68. The van der Waals surface area contributed by atoms with Crippen LogP contribution in [0.15, 0.2) is 16.7 Å². The number of aryl methyl sites for hydroxylation is 1. The summed E-state index contributed by atoms with van der Waals surface area (Å²) in [4.78, 5) is 11.3. The quantitative estimate of drug-likeness (QED) is 0.707. The number of methoxy groups -OCH3 is 1. The summed E-state index contributed by atoms with van der Waals surface area (Å²) in [6.45, 7) is 2.83. The Labute approximate surface area is 76.9 Å². The number of rotatable bonds is 4. The summed E-state index contributed by atoms with van der Waals surface area (Å²) in [5, 5.41) is 2.67. The van der Waals surface area contributed by atoms with Crippen LogP contribution in [0.2, 0.25) is 0 Å². The summed E-state index contributed by atoms with van der Waals surface area (Å²) in [5.41, 5.74) is 0.843. The highest BCUT2D eigenvalue weighted by molar-refractivity contribution is 5.92. The Kier molecular flexibility index (Phi) is 3.52. The number of carbonyl (C=O) groups excluding carboxylic acids is 1. The molecular formula is C9H13NO3. The Bertz CT molecular complexity index is 280. The van der Waals surface area contributed by atoms with Crippen LogP contribution in [0.3, 0.4) is 0 Å². The lowest BCUT2D eigenvalue weighted by atomic mass is 10.3. The van der Waals surface area contributed by atoms with Gasteiger partial charge in [-0.1, -0.05) is 0 Å². The number of nitrogens with one attached hydrogen (secondary N) is 1. The van der Waals surface area contributed by atoms with E-state index in [4.69, 9.17) is 9.15 Å². The molecule has 0 radical (unpaired) electrons. The first-order chi connectivity index (χ1) is 6.25. The minimum Gasteiger partial charge on any atom is -0.459 e. The molecule has 0 aliphatic rings. The SMILES string of the molecule is COCCNC(=O)c1occc1C. The Morgan fingerprint density at radius 3 is 3.00 bits per heavy atom. The summed E-state index contributed by atoms with van der Waals surface area (Å²) in [6.07, 6.45) is 1.50. The molecule has 1 amide bonds. The number of hydrogen-bond acceptors (Lipinski definition) is 3. The standard InChI is InChI=1S/C9H13NO3/c1-7-3-5-13-8(7)9(11)10-4-6-12-2/h3,5H,4,6H2,1-2H3,(H,10,11). The van der Waals surface area contributed by atoms with Gasteiger partial charge in [-0.2, -0.15) is 0 Å². The molecule has 1 rings (SSSR count). The van der Waals surface area contributed by atoms with Gasteiger partial charge in [0.1, 0.15) is 0 Å². The maximum Gasteiger partial charge on any atom is 0.287 e. The monoisotopic (exact) mass is 183 g/mol. The predicted molar refractivity (Wildman–Crippen MR) is 47.7 cm³/mol. The van der Waals surface area contributed by atoms with E-state index in [1.807, 2.05) is 6.92 Å². The van der Waals surface area contributed by atoms with Crippen LogP contribution in [0, 0.1) is 6.92 Å². The molecule has 4 nitrogen and oxygen atoms in total. The molecule has 0 aliphatic carbocycles. The summed E-state index contributed by atoms with van der Waals surface area (Å²) < 4.78 is 9.80. The van der Waals surface area contributed by atoms with Crippen LogP contribution in [-0.4, -0.2) is 26.2 Å². The lowest BCUT2D eigenvalue weighted by molar-refractivity contribution is 0.0908. The van der Waals surface area contributed by atoms with Crippen LogP contribution in [0.5, 0.6) is 0 Å². The van der Waals surface area contributed by atoms with Crippen molar-refractivity contribution in [3.63, 3.8) is 0 Å². The van der Waals surface area contributed by atoms with E-state index in [-0.39, 0.29) is 5.91 Å². The largest absolute Gasteiger partial charge is 0.459 e. The fraction of sp³-hybridized carbons (Fsp3) is 0.444. The lowest BCUT2D eigenvalue weighted by Gasteiger charge is -2.01. The van der Waals surface area contributed by atoms with E-state index in [1.54, 1.807) is 13.2 Å². The van der Waals surface area contributed by atoms with Crippen molar-refractivity contribution in [1.82, 2.24) is 5.32 Å². The number of hydrogen-bond donors (Lipinski definition) is 1. The third-order valence-corrected chi connectivity index (χ3v) is 1.66. The highest BCUT2D eigenvalue weighted by Crippen LogP contribution is 2.07. The predicted octanol–water partition coefficient (Wildman–Crippen LogP) is 0.964. The molecule has 0 atom stereocenters. The van der Waals surface area contributed by atoms with Gasteiger partial charge >= 0.3 is 0 Å². The molecule has 0 fully saturated rings. The Morgan fingerprint density at radius 2 is 2.46 bits per heavy atom. The van der Waals surface area contributed by atoms with Gasteiger partial charge in [0.05, 0.1) is 12.9 Å². The zero-order valence-electron chi connectivity index (χ0n) is 7.79. The summed E-state index contributed by atoms with van der Waals surface area (Å²) in [7, 11) is 1.59. The van der Waals surface area contributed by atoms with Crippen molar-refractivity contribution in [3.8, 4) is 0 Å². The lowest BCUT2D eigenvalue weighted by Crippen LogP contribution is -2.27. The number of furan rings is 1. The van der Waals surface area contributed by atoms with Crippen molar-refractivity contribution >= 4 is 5.91 Å². The molecule has 0 aromatic carbocycles. The number of carbonyl (C=O) groups is 1. The normalized spacial score (nSPS) is 10.0. The molecule has 0 unspecified atom stereocenters. The van der Waals surface area contributed by atoms with Crippen LogP contribution in [0.1, 0.15) is 16.1 Å². The fourth-order valence-corrected chi connectivity index (χ4v) is 0.952. The van der Waals surface area contributed by atoms with Crippen LogP contribution in [-0.2, 0) is 4.74 Å². The van der Waals surface area contributed by atoms with E-state index >= 15 is 0 Å². The topological polar surface area (TPSA) is 51.5 Å². The minimum atomic E-state index is -0.195. The van der Waals surface area contributed by atoms with Crippen molar-refractivity contribution in [2.45, 2.75) is 6.92 Å². The van der Waals surface area contributed by atoms with Gasteiger partial charge in [0.25, 0.3) is 5.91 Å². The number of amides is 1. The van der Waals surface area contributed by atoms with Gasteiger partial charge in [-0.3, -0.25) is 4.79 Å². The van der Waals surface area contributed by atoms with Gasteiger partial charge in [0.15, 0.2) is 5.76 Å². The zero-order valence-corrected chi connectivity index (χ0v) is 7.79. The summed E-state index contributed by atoms with van der Waals surface area (Å²) >= 11 is 0. The summed E-state index contributed by atoms with van der Waals surface area (Å²) in [6, 6.07) is 1.76. The van der Waals surface area contributed by atoms with E-state index in [9.17, 15) is 4.79 Å². The maximum atomic E-state index is 11.3. The van der Waals surface area contributed by atoms with Gasteiger partial charge in [-0.15, -0.1) is 0 Å². The molecular weight excluding hydrogens is 170 g/mol. The number of ether oxygens (including phenoxy) is 1. The fourth-order valence-electron chi connectivity index (χ4n) is 0.952. The molecule has 1 aromatic rings. The Balaban J connectivity index is 2.45. The van der Waals surface area contributed by atoms with Gasteiger partial charge < -0.3 is 14.5 Å². The molecule has 72 valence electrons. The second-order valence-corrected chi connectivity index (χ2v) is 2.68. The van der Waals surface area contributed by atoms with Crippen LogP contribution >= 0.6 is 0 Å². The molecule has 1 aromatic heterocycles. The second-order valence-electron chi connectivity index (χ2n) is 2.68. The first kappa shape index (κ1) is 9.80. The molecule has 1 heterocycles. The van der Waals surface area contributed by atoms with Crippen molar-refractivity contribution in [2.75, 3.05) is 20.3 Å². The highest BCUT2D eigenvalue weighted by atomic mass is 16.5. The van der Waals surface area contributed by atoms with Crippen LogP contribution in [0.4, 0.5) is 0 Å². The average molecular weight is 183 g/mol. The average Bonchev–Trinajstić information content (AvgIpc) is 2.52. The van der Waals surface area contributed by atoms with Crippen molar-refractivity contribution in [1.29, 1.82) is 0 Å². The van der Waals surface area contributed by atoms with Crippen LogP contribution < -0.4 is 5.32 Å². The molecule has 13 heavy (non-hydrogen) atoms. The maximum absolute atomic E-state index is 11.3. The molecule has 0 bridgehead atoms. The van der Waals surface area contributed by atoms with E-state index in [0.29, 0.717) is 18.9 Å². The van der Waals surface area contributed by atoms with E-state index in [0.717, 1.165) is 5.56 Å². The Hall–Kier alpha value is -1.29. The van der Waals surface area contributed by atoms with Crippen molar-refractivity contribution in [3.05, 3.63) is 23.7 Å². The molecule has 0 saturated carbocycles. The molecule has 1 N–H and O–H groups in total. The van der Waals surface area contributed by atoms with Gasteiger partial charge in [-0.05, 0) is 13.0 Å². The smallest absolute Gasteiger partial charge is 0.287 e. The third kappa shape index (κ3) is 2.59. The van der Waals surface area contributed by atoms with Crippen molar-refractivity contribution < 1.29 is 13.9 Å². The molecule has 0 saturated heterocycles. The Morgan fingerprint density at radius 1 is 1.69 bits per heavy atom. The van der Waals surface area contributed by atoms with Crippen molar-refractivity contribution in [2.24, 2.45) is 0 Å². The first-order valence-electron chi connectivity index (χ1n) is 4.07. The summed E-state index contributed by atoms with van der Waals surface area (Å²) in [5.74, 6) is 0.177.